The molecule has 3 rings (SSSR count). The number of benzene rings is 2. The van der Waals surface area contributed by atoms with Crippen molar-refractivity contribution in [3.8, 4) is 22.4 Å². The summed E-state index contributed by atoms with van der Waals surface area (Å²) in [5.74, 6) is 0. The lowest BCUT2D eigenvalue weighted by Gasteiger charge is -2.15. The van der Waals surface area contributed by atoms with E-state index in [1.54, 1.807) is 0 Å². The number of pyridine rings is 1. The fraction of sp³-hybridized carbons (Fsp3) is 0.105. The summed E-state index contributed by atoms with van der Waals surface area (Å²) in [7, 11) is 4.10. The van der Waals surface area contributed by atoms with Crippen molar-refractivity contribution in [1.82, 2.24) is 4.98 Å². The van der Waals surface area contributed by atoms with Crippen molar-refractivity contribution in [1.29, 1.82) is 0 Å². The smallest absolute Gasteiger partial charge is 0.0781 e. The first-order chi connectivity index (χ1) is 10.3. The van der Waals surface area contributed by atoms with Gasteiger partial charge >= 0.3 is 0 Å². The Labute approximate surface area is 125 Å². The van der Waals surface area contributed by atoms with Crippen molar-refractivity contribution in [3.05, 3.63) is 72.9 Å². The molecule has 2 heteroatoms. The van der Waals surface area contributed by atoms with Gasteiger partial charge in [-0.3, -0.25) is 4.98 Å². The highest BCUT2D eigenvalue weighted by atomic mass is 15.1. The largest absolute Gasteiger partial charge is 0.378 e. The van der Waals surface area contributed by atoms with Crippen molar-refractivity contribution in [3.63, 3.8) is 0 Å². The Morgan fingerprint density at radius 2 is 1.52 bits per heavy atom. The fourth-order valence-corrected chi connectivity index (χ4v) is 2.42. The zero-order valence-electron chi connectivity index (χ0n) is 12.3. The molecule has 21 heavy (non-hydrogen) atoms. The van der Waals surface area contributed by atoms with E-state index in [2.05, 4.69) is 78.6 Å². The highest BCUT2D eigenvalue weighted by Gasteiger charge is 2.09. The maximum absolute atomic E-state index is 4.61. The van der Waals surface area contributed by atoms with Gasteiger partial charge in [0.15, 0.2) is 0 Å². The minimum atomic E-state index is 1.02. The number of anilines is 1. The van der Waals surface area contributed by atoms with Gasteiger partial charge < -0.3 is 4.90 Å². The second-order valence-corrected chi connectivity index (χ2v) is 5.21. The van der Waals surface area contributed by atoms with Crippen molar-refractivity contribution >= 4 is 5.69 Å². The second kappa shape index (κ2) is 5.80. The van der Waals surface area contributed by atoms with Gasteiger partial charge in [-0.05, 0) is 23.8 Å². The monoisotopic (exact) mass is 274 g/mol. The van der Waals surface area contributed by atoms with Crippen molar-refractivity contribution in [2.24, 2.45) is 0 Å². The average molecular weight is 274 g/mol. The molecule has 0 amide bonds. The van der Waals surface area contributed by atoms with E-state index in [0.29, 0.717) is 0 Å². The third-order valence-electron chi connectivity index (χ3n) is 3.53. The van der Waals surface area contributed by atoms with Gasteiger partial charge in [-0.15, -0.1) is 0 Å². The molecule has 0 aliphatic rings. The number of rotatable bonds is 3. The number of aromatic nitrogens is 1. The Balaban J connectivity index is 2.14. The standard InChI is InChI=1S/C19H18N2/c1-21(2)17-11-6-10-16(14-17)19-18(12-7-13-20-19)15-8-4-3-5-9-15/h3-14H,1-2H3. The molecule has 0 radical (unpaired) electrons. The first-order valence-corrected chi connectivity index (χ1v) is 7.04. The zero-order valence-corrected chi connectivity index (χ0v) is 12.3. The van der Waals surface area contributed by atoms with Crippen LogP contribution in [-0.4, -0.2) is 19.1 Å². The molecule has 1 heterocycles. The molecule has 0 saturated carbocycles. The van der Waals surface area contributed by atoms with E-state index in [1.165, 1.54) is 11.3 Å². The van der Waals surface area contributed by atoms with Crippen LogP contribution >= 0.6 is 0 Å². The van der Waals surface area contributed by atoms with Gasteiger partial charge in [0, 0.05) is 37.1 Å². The summed E-state index contributed by atoms with van der Waals surface area (Å²) in [6.45, 7) is 0. The predicted octanol–water partition coefficient (Wildman–Crippen LogP) is 4.48. The van der Waals surface area contributed by atoms with Crippen LogP contribution in [0, 0.1) is 0 Å². The minimum Gasteiger partial charge on any atom is -0.378 e. The molecular weight excluding hydrogens is 256 g/mol. The van der Waals surface area contributed by atoms with E-state index in [-0.39, 0.29) is 0 Å². The average Bonchev–Trinajstić information content (AvgIpc) is 2.56. The topological polar surface area (TPSA) is 16.1 Å². The van der Waals surface area contributed by atoms with Gasteiger partial charge in [0.1, 0.15) is 0 Å². The van der Waals surface area contributed by atoms with Crippen LogP contribution in [0.15, 0.2) is 72.9 Å². The molecule has 1 aromatic heterocycles. The molecule has 0 bridgehead atoms. The van der Waals surface area contributed by atoms with Crippen LogP contribution in [0.1, 0.15) is 0 Å². The van der Waals surface area contributed by atoms with E-state index < -0.39 is 0 Å². The molecule has 0 N–H and O–H groups in total. The van der Waals surface area contributed by atoms with Crippen molar-refractivity contribution in [2.45, 2.75) is 0 Å². The summed E-state index contributed by atoms with van der Waals surface area (Å²) in [5.41, 5.74) is 5.69. The minimum absolute atomic E-state index is 1.02. The Kier molecular flexibility index (Phi) is 3.69. The van der Waals surface area contributed by atoms with E-state index in [4.69, 9.17) is 0 Å². The van der Waals surface area contributed by atoms with Crippen LogP contribution in [-0.2, 0) is 0 Å². The van der Waals surface area contributed by atoms with Crippen LogP contribution in [0.2, 0.25) is 0 Å². The first-order valence-electron chi connectivity index (χ1n) is 7.04. The normalized spacial score (nSPS) is 10.4. The predicted molar refractivity (Wildman–Crippen MR) is 89.4 cm³/mol. The number of nitrogens with zero attached hydrogens (tertiary/aromatic N) is 2. The van der Waals surface area contributed by atoms with E-state index >= 15 is 0 Å². The lowest BCUT2D eigenvalue weighted by atomic mass is 9.99. The molecule has 0 unspecified atom stereocenters. The molecule has 0 fully saturated rings. The molecule has 0 aliphatic carbocycles. The summed E-state index contributed by atoms with van der Waals surface area (Å²) < 4.78 is 0. The van der Waals surface area contributed by atoms with Crippen molar-refractivity contribution in [2.75, 3.05) is 19.0 Å². The second-order valence-electron chi connectivity index (χ2n) is 5.21. The molecule has 2 aromatic carbocycles. The van der Waals surface area contributed by atoms with Crippen LogP contribution in [0.3, 0.4) is 0 Å². The third kappa shape index (κ3) is 2.79. The van der Waals surface area contributed by atoms with E-state index in [9.17, 15) is 0 Å². The van der Waals surface area contributed by atoms with Crippen LogP contribution in [0.4, 0.5) is 5.69 Å². The van der Waals surface area contributed by atoms with Gasteiger partial charge in [-0.1, -0.05) is 48.5 Å². The number of hydrogen-bond donors (Lipinski definition) is 0. The van der Waals surface area contributed by atoms with Gasteiger partial charge in [-0.2, -0.15) is 0 Å². The van der Waals surface area contributed by atoms with Crippen LogP contribution < -0.4 is 4.90 Å². The SMILES string of the molecule is CN(C)c1cccc(-c2ncccc2-c2ccccc2)c1. The Bertz CT molecular complexity index is 733. The van der Waals surface area contributed by atoms with E-state index in [1.807, 2.05) is 18.3 Å². The third-order valence-corrected chi connectivity index (χ3v) is 3.53. The molecule has 0 aliphatic heterocycles. The molecule has 0 saturated heterocycles. The molecule has 3 aromatic rings. The highest BCUT2D eigenvalue weighted by molar-refractivity contribution is 5.81. The lowest BCUT2D eigenvalue weighted by molar-refractivity contribution is 1.13. The highest BCUT2D eigenvalue weighted by Crippen LogP contribution is 2.31. The zero-order chi connectivity index (χ0) is 14.7. The first kappa shape index (κ1) is 13.4. The Morgan fingerprint density at radius 3 is 2.29 bits per heavy atom. The Morgan fingerprint density at radius 1 is 0.762 bits per heavy atom. The van der Waals surface area contributed by atoms with E-state index in [0.717, 1.165) is 16.8 Å². The molecule has 0 atom stereocenters. The summed E-state index contributed by atoms with van der Waals surface area (Å²) >= 11 is 0. The fourth-order valence-electron chi connectivity index (χ4n) is 2.42. The quantitative estimate of drug-likeness (QED) is 0.700. The molecule has 104 valence electrons. The summed E-state index contributed by atoms with van der Waals surface area (Å²) in [6, 6.07) is 23.0. The maximum Gasteiger partial charge on any atom is 0.0781 e. The summed E-state index contributed by atoms with van der Waals surface area (Å²) in [6.07, 6.45) is 1.85. The van der Waals surface area contributed by atoms with Gasteiger partial charge in [0.25, 0.3) is 0 Å². The van der Waals surface area contributed by atoms with Gasteiger partial charge in [0.2, 0.25) is 0 Å². The molecular formula is C19H18N2. The Hall–Kier alpha value is -2.61. The molecule has 2 nitrogen and oxygen atoms in total. The van der Waals surface area contributed by atoms with Crippen LogP contribution in [0.25, 0.3) is 22.4 Å². The lowest BCUT2D eigenvalue weighted by Crippen LogP contribution is -2.08. The number of hydrogen-bond acceptors (Lipinski definition) is 2. The summed E-state index contributed by atoms with van der Waals surface area (Å²) in [5, 5.41) is 0. The van der Waals surface area contributed by atoms with Gasteiger partial charge in [0.05, 0.1) is 5.69 Å². The van der Waals surface area contributed by atoms with Crippen LogP contribution in [0.5, 0.6) is 0 Å². The van der Waals surface area contributed by atoms with Gasteiger partial charge in [-0.25, -0.2) is 0 Å². The maximum atomic E-state index is 4.61. The summed E-state index contributed by atoms with van der Waals surface area (Å²) in [4.78, 5) is 6.71. The van der Waals surface area contributed by atoms with Crippen molar-refractivity contribution < 1.29 is 0 Å². The molecule has 0 spiro atoms.